The van der Waals surface area contributed by atoms with E-state index in [1.807, 2.05) is 6.07 Å². The molecule has 0 radical (unpaired) electrons. The Hall–Kier alpha value is -2.83. The molecule has 6 heteroatoms. The Morgan fingerprint density at radius 2 is 1.92 bits per heavy atom. The van der Waals surface area contributed by atoms with Gasteiger partial charge in [-0.3, -0.25) is 0 Å². The zero-order chi connectivity index (χ0) is 25.6. The average molecular weight is 502 g/mol. The first kappa shape index (κ1) is 24.5. The van der Waals surface area contributed by atoms with Crippen LogP contribution in [0.2, 0.25) is 0 Å². The third-order valence-corrected chi connectivity index (χ3v) is 9.24. The molecule has 0 amide bonds. The van der Waals surface area contributed by atoms with Crippen molar-refractivity contribution in [1.82, 2.24) is 4.57 Å². The minimum atomic E-state index is -0.870. The van der Waals surface area contributed by atoms with Crippen LogP contribution in [0.5, 0.6) is 0 Å². The van der Waals surface area contributed by atoms with Gasteiger partial charge in [-0.25, -0.2) is 4.79 Å². The second-order valence-corrected chi connectivity index (χ2v) is 11.6. The van der Waals surface area contributed by atoms with Crippen LogP contribution in [0.1, 0.15) is 73.7 Å². The minimum absolute atomic E-state index is 0.260. The SMILES string of the molecule is CC(N)(CCN1CCn2c(c(C3CCCCC3)c3ccc(C(=O)O)cc32)-c2ccccc21)C1CCOC1. The van der Waals surface area contributed by atoms with Crippen LogP contribution in [0.4, 0.5) is 5.69 Å². The van der Waals surface area contributed by atoms with Crippen molar-refractivity contribution >= 4 is 22.6 Å². The fourth-order valence-corrected chi connectivity index (χ4v) is 6.99. The van der Waals surface area contributed by atoms with E-state index in [2.05, 4.69) is 46.7 Å². The highest BCUT2D eigenvalue weighted by Gasteiger charge is 2.35. The van der Waals surface area contributed by atoms with Crippen LogP contribution in [-0.4, -0.2) is 47.5 Å². The van der Waals surface area contributed by atoms with Crippen LogP contribution >= 0.6 is 0 Å². The van der Waals surface area contributed by atoms with Crippen molar-refractivity contribution in [3.05, 3.63) is 53.6 Å². The maximum absolute atomic E-state index is 11.9. The Morgan fingerprint density at radius 3 is 2.68 bits per heavy atom. The van der Waals surface area contributed by atoms with Gasteiger partial charge in [-0.2, -0.15) is 0 Å². The molecule has 3 N–H and O–H groups in total. The summed E-state index contributed by atoms with van der Waals surface area (Å²) in [5, 5.41) is 11.0. The summed E-state index contributed by atoms with van der Waals surface area (Å²) in [6.45, 7) is 6.34. The van der Waals surface area contributed by atoms with E-state index in [9.17, 15) is 9.90 Å². The highest BCUT2D eigenvalue weighted by molar-refractivity contribution is 5.99. The number of para-hydroxylation sites is 1. The largest absolute Gasteiger partial charge is 0.478 e. The third kappa shape index (κ3) is 4.44. The number of rotatable bonds is 6. The standard InChI is InChI=1S/C31H39N3O3/c1-31(32,23-13-18-37-20-23)14-15-33-16-17-34-27-19-22(30(35)36)11-12-24(27)28(21-7-3-2-4-8-21)29(34)25-9-5-6-10-26(25)33/h5-6,9-12,19,21,23H,2-4,7-8,13-18,20,32H2,1H3,(H,35,36). The number of benzene rings is 2. The average Bonchev–Trinajstić information content (AvgIpc) is 3.53. The molecule has 1 saturated carbocycles. The normalized spacial score (nSPS) is 21.9. The first-order valence-electron chi connectivity index (χ1n) is 14.0. The molecule has 3 aliphatic rings. The van der Waals surface area contributed by atoms with Crippen LogP contribution < -0.4 is 10.6 Å². The molecule has 6 rings (SSSR count). The predicted octanol–water partition coefficient (Wildman–Crippen LogP) is 6.02. The van der Waals surface area contributed by atoms with E-state index in [0.717, 1.165) is 51.2 Å². The van der Waals surface area contributed by atoms with Gasteiger partial charge in [-0.1, -0.05) is 43.5 Å². The zero-order valence-corrected chi connectivity index (χ0v) is 21.9. The number of fused-ring (bicyclic) bond motifs is 5. The van der Waals surface area contributed by atoms with Crippen LogP contribution in [0.3, 0.4) is 0 Å². The highest BCUT2D eigenvalue weighted by atomic mass is 16.5. The van der Waals surface area contributed by atoms with Crippen molar-refractivity contribution in [1.29, 1.82) is 0 Å². The number of carboxylic acids is 1. The summed E-state index contributed by atoms with van der Waals surface area (Å²) in [6, 6.07) is 14.5. The number of nitrogens with zero attached hydrogens (tertiary/aromatic N) is 2. The third-order valence-electron chi connectivity index (χ3n) is 9.24. The summed E-state index contributed by atoms with van der Waals surface area (Å²) in [6.07, 6.45) is 8.18. The van der Waals surface area contributed by atoms with E-state index in [0.29, 0.717) is 17.4 Å². The Labute approximate surface area is 219 Å². The van der Waals surface area contributed by atoms with Gasteiger partial charge in [-0.05, 0) is 62.3 Å². The Balaban J connectivity index is 1.44. The predicted molar refractivity (Wildman–Crippen MR) is 149 cm³/mol. The van der Waals surface area contributed by atoms with Crippen molar-refractivity contribution in [3.8, 4) is 11.3 Å². The molecule has 2 aromatic carbocycles. The quantitative estimate of drug-likeness (QED) is 0.432. The van der Waals surface area contributed by atoms with Crippen LogP contribution in [0, 0.1) is 5.92 Å². The first-order chi connectivity index (χ1) is 17.9. The van der Waals surface area contributed by atoms with Crippen molar-refractivity contribution in [3.63, 3.8) is 0 Å². The van der Waals surface area contributed by atoms with Crippen molar-refractivity contribution in [2.75, 3.05) is 31.2 Å². The number of anilines is 1. The first-order valence-corrected chi connectivity index (χ1v) is 14.0. The molecule has 6 nitrogen and oxygen atoms in total. The second kappa shape index (κ2) is 9.80. The number of aromatic nitrogens is 1. The fraction of sp³-hybridized carbons (Fsp3) is 0.516. The number of aromatic carboxylic acids is 1. The molecule has 1 aromatic heterocycles. The van der Waals surface area contributed by atoms with E-state index in [-0.39, 0.29) is 5.54 Å². The monoisotopic (exact) mass is 501 g/mol. The summed E-state index contributed by atoms with van der Waals surface area (Å²) >= 11 is 0. The number of ether oxygens (including phenoxy) is 1. The number of carboxylic acid groups (broad SMARTS) is 1. The fourth-order valence-electron chi connectivity index (χ4n) is 6.99. The number of hydrogen-bond acceptors (Lipinski definition) is 4. The van der Waals surface area contributed by atoms with E-state index >= 15 is 0 Å². The minimum Gasteiger partial charge on any atom is -0.478 e. The second-order valence-electron chi connectivity index (χ2n) is 11.6. The molecule has 1 aliphatic carbocycles. The zero-order valence-electron chi connectivity index (χ0n) is 21.9. The van der Waals surface area contributed by atoms with Crippen LogP contribution in [0.15, 0.2) is 42.5 Å². The molecule has 2 unspecified atom stereocenters. The molecule has 2 fully saturated rings. The van der Waals surface area contributed by atoms with Gasteiger partial charge in [0.15, 0.2) is 0 Å². The maximum atomic E-state index is 11.9. The molecule has 2 atom stereocenters. The Kier molecular flexibility index (Phi) is 6.49. The van der Waals surface area contributed by atoms with Gasteiger partial charge < -0.3 is 25.0 Å². The molecule has 2 aliphatic heterocycles. The van der Waals surface area contributed by atoms with Gasteiger partial charge in [0.05, 0.1) is 17.9 Å². The molecular weight excluding hydrogens is 462 g/mol. The Morgan fingerprint density at radius 1 is 1.11 bits per heavy atom. The van der Waals surface area contributed by atoms with Crippen molar-refractivity contribution < 1.29 is 14.6 Å². The maximum Gasteiger partial charge on any atom is 0.335 e. The van der Waals surface area contributed by atoms with Gasteiger partial charge in [0.1, 0.15) is 0 Å². The van der Waals surface area contributed by atoms with Gasteiger partial charge in [0.25, 0.3) is 0 Å². The molecule has 37 heavy (non-hydrogen) atoms. The molecular formula is C31H39N3O3. The summed E-state index contributed by atoms with van der Waals surface area (Å²) in [5.74, 6) is 0.0442. The van der Waals surface area contributed by atoms with E-state index in [1.165, 1.54) is 60.0 Å². The van der Waals surface area contributed by atoms with Crippen molar-refractivity contribution in [2.24, 2.45) is 11.7 Å². The van der Waals surface area contributed by atoms with E-state index in [1.54, 1.807) is 6.07 Å². The van der Waals surface area contributed by atoms with Gasteiger partial charge >= 0.3 is 5.97 Å². The number of carbonyl (C=O) groups is 1. The molecule has 3 aromatic rings. The lowest BCUT2D eigenvalue weighted by molar-refractivity contribution is 0.0697. The Bertz CT molecular complexity index is 1300. The smallest absolute Gasteiger partial charge is 0.335 e. The lowest BCUT2D eigenvalue weighted by Crippen LogP contribution is -2.47. The molecule has 3 heterocycles. The van der Waals surface area contributed by atoms with E-state index in [4.69, 9.17) is 10.5 Å². The van der Waals surface area contributed by atoms with Gasteiger partial charge in [0, 0.05) is 59.9 Å². The molecule has 196 valence electrons. The van der Waals surface area contributed by atoms with E-state index < -0.39 is 5.97 Å². The summed E-state index contributed by atoms with van der Waals surface area (Å²) in [5.41, 5.74) is 13.2. The highest BCUT2D eigenvalue weighted by Crippen LogP contribution is 2.47. The molecule has 0 spiro atoms. The topological polar surface area (TPSA) is 80.7 Å². The summed E-state index contributed by atoms with van der Waals surface area (Å²) < 4.78 is 8.06. The summed E-state index contributed by atoms with van der Waals surface area (Å²) in [4.78, 5) is 14.4. The van der Waals surface area contributed by atoms with Gasteiger partial charge in [0.2, 0.25) is 0 Å². The summed E-state index contributed by atoms with van der Waals surface area (Å²) in [7, 11) is 0. The lowest BCUT2D eigenvalue weighted by atomic mass is 9.81. The van der Waals surface area contributed by atoms with Gasteiger partial charge in [-0.15, -0.1) is 0 Å². The van der Waals surface area contributed by atoms with Crippen LogP contribution in [-0.2, 0) is 11.3 Å². The number of nitrogens with two attached hydrogens (primary N) is 1. The number of hydrogen-bond donors (Lipinski definition) is 2. The molecule has 1 saturated heterocycles. The lowest BCUT2D eigenvalue weighted by Gasteiger charge is -2.34. The van der Waals surface area contributed by atoms with Crippen molar-refractivity contribution in [2.45, 2.75) is 69.9 Å². The van der Waals surface area contributed by atoms with Crippen LogP contribution in [0.25, 0.3) is 22.2 Å². The molecule has 0 bridgehead atoms.